The predicted octanol–water partition coefficient (Wildman–Crippen LogP) is 3.22. The molecule has 1 fully saturated rings. The third-order valence-electron chi connectivity index (χ3n) is 5.35. The van der Waals surface area contributed by atoms with Crippen LogP contribution in [0.1, 0.15) is 19.3 Å². The number of rotatable bonds is 7. The number of sulfonamides is 1. The number of carbonyl (C=O) groups excluding carboxylic acids is 2. The van der Waals surface area contributed by atoms with Gasteiger partial charge in [0.25, 0.3) is 12.3 Å². The number of phenols is 1. The van der Waals surface area contributed by atoms with Crippen LogP contribution >= 0.6 is 23.2 Å². The van der Waals surface area contributed by atoms with Crippen LogP contribution in [0.25, 0.3) is 0 Å². The third kappa shape index (κ3) is 5.30. The molecule has 10 nitrogen and oxygen atoms in total. The highest BCUT2D eigenvalue weighted by Crippen LogP contribution is 2.41. The Morgan fingerprint density at radius 1 is 1.14 bits per heavy atom. The van der Waals surface area contributed by atoms with Gasteiger partial charge >= 0.3 is 0 Å². The Morgan fingerprint density at radius 3 is 2.36 bits per heavy atom. The molecule has 2 aliphatic rings. The van der Waals surface area contributed by atoms with Gasteiger partial charge in [0.1, 0.15) is 16.4 Å². The van der Waals surface area contributed by atoms with Crippen LogP contribution in [0.15, 0.2) is 40.3 Å². The van der Waals surface area contributed by atoms with E-state index in [9.17, 15) is 37.0 Å². The van der Waals surface area contributed by atoms with Crippen molar-refractivity contribution >= 4 is 56.3 Å². The number of ether oxygens (including phenoxy) is 1. The van der Waals surface area contributed by atoms with E-state index in [1.54, 1.807) is 0 Å². The van der Waals surface area contributed by atoms with Gasteiger partial charge in [0.15, 0.2) is 17.2 Å². The molecule has 4 rings (SSSR count). The zero-order valence-corrected chi connectivity index (χ0v) is 20.3. The van der Waals surface area contributed by atoms with Crippen LogP contribution < -0.4 is 14.5 Å². The van der Waals surface area contributed by atoms with Gasteiger partial charge in [-0.1, -0.05) is 23.2 Å². The predicted molar refractivity (Wildman–Crippen MR) is 125 cm³/mol. The van der Waals surface area contributed by atoms with Crippen LogP contribution in [-0.4, -0.2) is 54.6 Å². The van der Waals surface area contributed by atoms with Gasteiger partial charge in [0.05, 0.1) is 28.3 Å². The molecule has 1 aliphatic carbocycles. The number of ketones is 1. The largest absolute Gasteiger partial charge is 0.507 e. The van der Waals surface area contributed by atoms with Crippen molar-refractivity contribution < 1.29 is 41.7 Å². The van der Waals surface area contributed by atoms with Gasteiger partial charge in [-0.25, -0.2) is 21.9 Å². The lowest BCUT2D eigenvalue weighted by atomic mass is 9.91. The second-order valence-corrected chi connectivity index (χ2v) is 10.5. The van der Waals surface area contributed by atoms with Crippen molar-refractivity contribution in [3.63, 3.8) is 0 Å². The SMILES string of the molecule is O=C1CC(=O)N(c2cc(Cl)c(Oc3ccc(O)c(S(=O)(=O)NC4CC(O)C4)c3)c(Cl)c2)N=C1C(F)F. The normalized spacial score (nSPS) is 20.4. The van der Waals surface area contributed by atoms with E-state index in [1.807, 2.05) is 0 Å². The minimum atomic E-state index is -4.16. The number of hydrogen-bond donors (Lipinski definition) is 3. The molecule has 0 unspecified atom stereocenters. The lowest BCUT2D eigenvalue weighted by Crippen LogP contribution is -2.46. The topological polar surface area (TPSA) is 146 Å². The number of nitrogens with one attached hydrogen (secondary N) is 1. The number of aliphatic hydroxyl groups excluding tert-OH is 1. The quantitative estimate of drug-likeness (QED) is 0.438. The monoisotopic (exact) mass is 563 g/mol. The minimum Gasteiger partial charge on any atom is -0.507 e. The minimum absolute atomic E-state index is 0.0731. The van der Waals surface area contributed by atoms with Crippen molar-refractivity contribution in [2.75, 3.05) is 5.01 Å². The number of hydrazone groups is 1. The van der Waals surface area contributed by atoms with Gasteiger partial charge < -0.3 is 14.9 Å². The van der Waals surface area contributed by atoms with E-state index < -0.39 is 63.1 Å². The molecule has 0 saturated heterocycles. The van der Waals surface area contributed by atoms with Crippen LogP contribution in [0.5, 0.6) is 17.2 Å². The lowest BCUT2D eigenvalue weighted by molar-refractivity contribution is -0.124. The van der Waals surface area contributed by atoms with Crippen molar-refractivity contribution in [1.82, 2.24) is 4.72 Å². The lowest BCUT2D eigenvalue weighted by Gasteiger charge is -2.31. The number of nitrogens with zero attached hydrogens (tertiary/aromatic N) is 2. The summed E-state index contributed by atoms with van der Waals surface area (Å²) < 4.78 is 59.5. The summed E-state index contributed by atoms with van der Waals surface area (Å²) >= 11 is 12.5. The summed E-state index contributed by atoms with van der Waals surface area (Å²) in [7, 11) is -4.16. The number of aromatic hydroxyl groups is 1. The Morgan fingerprint density at radius 2 is 1.78 bits per heavy atom. The van der Waals surface area contributed by atoms with Gasteiger partial charge in [-0.15, -0.1) is 0 Å². The van der Waals surface area contributed by atoms with Gasteiger partial charge in [-0.3, -0.25) is 9.59 Å². The number of Topliss-reactive ketones (excluding diaryl/α,β-unsaturated/α-hetero) is 1. The summed E-state index contributed by atoms with van der Waals surface area (Å²) in [6.07, 6.45) is -4.11. The zero-order chi connectivity index (χ0) is 26.4. The number of halogens is 4. The van der Waals surface area contributed by atoms with E-state index in [-0.39, 0.29) is 40.1 Å². The number of hydrogen-bond acceptors (Lipinski definition) is 8. The van der Waals surface area contributed by atoms with Crippen molar-refractivity contribution in [1.29, 1.82) is 0 Å². The number of alkyl halides is 2. The molecule has 2 aromatic carbocycles. The first-order valence-corrected chi connectivity index (χ1v) is 12.5. The van der Waals surface area contributed by atoms with Crippen LogP contribution in [-0.2, 0) is 19.6 Å². The molecule has 1 amide bonds. The number of anilines is 1. The first-order chi connectivity index (χ1) is 16.9. The molecule has 36 heavy (non-hydrogen) atoms. The molecule has 3 N–H and O–H groups in total. The van der Waals surface area contributed by atoms with Crippen LogP contribution in [0.3, 0.4) is 0 Å². The zero-order valence-electron chi connectivity index (χ0n) is 18.0. The molecule has 1 saturated carbocycles. The Labute approximate surface area is 213 Å². The van der Waals surface area contributed by atoms with Crippen molar-refractivity contribution in [2.24, 2.45) is 5.10 Å². The highest BCUT2D eigenvalue weighted by Gasteiger charge is 2.34. The summed E-state index contributed by atoms with van der Waals surface area (Å²) in [4.78, 5) is 23.3. The molecular formula is C21H17Cl2F2N3O7S. The Bertz CT molecular complexity index is 1360. The van der Waals surface area contributed by atoms with Gasteiger partial charge in [0, 0.05) is 12.1 Å². The average molecular weight is 564 g/mol. The molecular weight excluding hydrogens is 547 g/mol. The smallest absolute Gasteiger partial charge is 0.285 e. The van der Waals surface area contributed by atoms with E-state index in [0.717, 1.165) is 24.3 Å². The number of amides is 1. The molecule has 192 valence electrons. The summed E-state index contributed by atoms with van der Waals surface area (Å²) in [6, 6.07) is 5.17. The van der Waals surface area contributed by atoms with Crippen molar-refractivity contribution in [3.05, 3.63) is 40.4 Å². The van der Waals surface area contributed by atoms with E-state index >= 15 is 0 Å². The van der Waals surface area contributed by atoms with Crippen molar-refractivity contribution in [2.45, 2.75) is 42.7 Å². The summed E-state index contributed by atoms with van der Waals surface area (Å²) in [5, 5.41) is 23.1. The van der Waals surface area contributed by atoms with E-state index in [4.69, 9.17) is 27.9 Å². The standard InChI is InChI=1S/C21H17Cl2F2N3O7S/c22-13-5-10(28-18(32)8-16(31)19(26-28)21(24)25)6-14(23)20(13)35-12-1-2-15(30)17(7-12)36(33,34)27-9-3-11(29)4-9/h1-2,5-7,9,11,21,27,29-30H,3-4,8H2. The second kappa shape index (κ2) is 9.90. The summed E-state index contributed by atoms with van der Waals surface area (Å²) in [5.41, 5.74) is -1.18. The molecule has 0 aromatic heterocycles. The average Bonchev–Trinajstić information content (AvgIpc) is 2.75. The van der Waals surface area contributed by atoms with Gasteiger partial charge in [-0.05, 0) is 37.1 Å². The van der Waals surface area contributed by atoms with Gasteiger partial charge in [0.2, 0.25) is 10.0 Å². The van der Waals surface area contributed by atoms with Crippen LogP contribution in [0.4, 0.5) is 14.5 Å². The highest BCUT2D eigenvalue weighted by molar-refractivity contribution is 7.89. The van der Waals surface area contributed by atoms with E-state index in [1.165, 1.54) is 6.07 Å². The van der Waals surface area contributed by atoms with E-state index in [0.29, 0.717) is 5.01 Å². The highest BCUT2D eigenvalue weighted by atomic mass is 35.5. The number of aliphatic hydroxyl groups is 1. The fourth-order valence-corrected chi connectivity index (χ4v) is 5.44. The molecule has 2 aromatic rings. The van der Waals surface area contributed by atoms with Crippen LogP contribution in [0, 0.1) is 0 Å². The van der Waals surface area contributed by atoms with Crippen LogP contribution in [0.2, 0.25) is 10.0 Å². The summed E-state index contributed by atoms with van der Waals surface area (Å²) in [6.45, 7) is 0. The van der Waals surface area contributed by atoms with E-state index in [2.05, 4.69) is 9.82 Å². The summed E-state index contributed by atoms with van der Waals surface area (Å²) in [5.74, 6) is -2.75. The maximum Gasteiger partial charge on any atom is 0.285 e. The van der Waals surface area contributed by atoms with Gasteiger partial charge in [-0.2, -0.15) is 10.1 Å². The number of phenolic OH excluding ortho intramolecular Hbond substituents is 1. The molecule has 0 radical (unpaired) electrons. The number of carbonyl (C=O) groups is 2. The fourth-order valence-electron chi connectivity index (χ4n) is 3.51. The fraction of sp³-hybridized carbons (Fsp3) is 0.286. The second-order valence-electron chi connectivity index (χ2n) is 8.01. The first-order valence-electron chi connectivity index (χ1n) is 10.3. The first kappa shape index (κ1) is 26.2. The third-order valence-corrected chi connectivity index (χ3v) is 7.46. The number of benzene rings is 2. The molecule has 1 aliphatic heterocycles. The Balaban J connectivity index is 1.61. The Hall–Kier alpha value is -2.84. The maximum atomic E-state index is 13.1. The molecule has 15 heteroatoms. The van der Waals surface area contributed by atoms with Crippen molar-refractivity contribution in [3.8, 4) is 17.2 Å². The maximum absolute atomic E-state index is 13.1. The molecule has 0 bridgehead atoms. The Kier molecular flexibility index (Phi) is 7.21. The molecule has 0 atom stereocenters. The molecule has 1 heterocycles. The molecule has 0 spiro atoms.